The smallest absolute Gasteiger partial charge is 0.0946 e. The van der Waals surface area contributed by atoms with E-state index in [1.54, 1.807) is 0 Å². The van der Waals surface area contributed by atoms with E-state index in [9.17, 15) is 5.11 Å². The molecule has 1 aliphatic carbocycles. The fourth-order valence-corrected chi connectivity index (χ4v) is 1.77. The summed E-state index contributed by atoms with van der Waals surface area (Å²) in [6.07, 6.45) is 0.344. The van der Waals surface area contributed by atoms with Gasteiger partial charge in [0.1, 0.15) is 0 Å². The van der Waals surface area contributed by atoms with Gasteiger partial charge in [0.15, 0.2) is 0 Å². The van der Waals surface area contributed by atoms with Crippen LogP contribution in [-0.2, 0) is 6.42 Å². The third-order valence-electron chi connectivity index (χ3n) is 2.48. The van der Waals surface area contributed by atoms with Crippen LogP contribution in [0.4, 0.5) is 0 Å². The Kier molecular flexibility index (Phi) is 1.67. The minimum Gasteiger partial charge on any atom is -0.387 e. The summed E-state index contributed by atoms with van der Waals surface area (Å²) in [6.45, 7) is 2.02. The fourth-order valence-electron chi connectivity index (χ4n) is 1.77. The van der Waals surface area contributed by atoms with Crippen LogP contribution in [0.1, 0.15) is 22.8 Å². The van der Waals surface area contributed by atoms with E-state index in [1.807, 2.05) is 13.0 Å². The molecule has 0 spiro atoms. The van der Waals surface area contributed by atoms with Gasteiger partial charge in [-0.15, -0.1) is 0 Å². The van der Waals surface area contributed by atoms with Crippen molar-refractivity contribution in [1.29, 1.82) is 0 Å². The molecule has 1 aromatic rings. The summed E-state index contributed by atoms with van der Waals surface area (Å²) in [7, 11) is 0. The van der Waals surface area contributed by atoms with Crippen molar-refractivity contribution in [1.82, 2.24) is 0 Å². The van der Waals surface area contributed by atoms with Gasteiger partial charge in [0, 0.05) is 6.04 Å². The first-order chi connectivity index (χ1) is 5.68. The first kappa shape index (κ1) is 7.77. The Labute approximate surface area is 72.0 Å². The molecule has 1 aromatic carbocycles. The summed E-state index contributed by atoms with van der Waals surface area (Å²) < 4.78 is 0. The zero-order chi connectivity index (χ0) is 8.72. The predicted octanol–water partition coefficient (Wildman–Crippen LogP) is 0.912. The number of rotatable bonds is 0. The largest absolute Gasteiger partial charge is 0.387 e. The van der Waals surface area contributed by atoms with E-state index < -0.39 is 6.10 Å². The SMILES string of the molecule is Cc1ccc2c(c1)C(O)C(N)C2. The van der Waals surface area contributed by atoms with Crippen molar-refractivity contribution in [3.05, 3.63) is 34.9 Å². The van der Waals surface area contributed by atoms with Gasteiger partial charge in [-0.1, -0.05) is 23.8 Å². The molecule has 12 heavy (non-hydrogen) atoms. The predicted molar refractivity (Wildman–Crippen MR) is 47.8 cm³/mol. The van der Waals surface area contributed by atoms with Gasteiger partial charge in [-0.05, 0) is 24.5 Å². The van der Waals surface area contributed by atoms with Gasteiger partial charge >= 0.3 is 0 Å². The maximum absolute atomic E-state index is 9.65. The summed E-state index contributed by atoms with van der Waals surface area (Å²) in [5.41, 5.74) is 9.12. The highest BCUT2D eigenvalue weighted by Crippen LogP contribution is 2.30. The normalized spacial score (nSPS) is 27.2. The molecule has 2 rings (SSSR count). The molecular weight excluding hydrogens is 150 g/mol. The van der Waals surface area contributed by atoms with Crippen molar-refractivity contribution in [2.75, 3.05) is 0 Å². The van der Waals surface area contributed by atoms with Crippen LogP contribution in [0, 0.1) is 6.92 Å². The third kappa shape index (κ3) is 1.04. The van der Waals surface area contributed by atoms with E-state index in [4.69, 9.17) is 5.73 Å². The summed E-state index contributed by atoms with van der Waals surface area (Å²) in [5.74, 6) is 0. The summed E-state index contributed by atoms with van der Waals surface area (Å²) in [4.78, 5) is 0. The number of hydrogen-bond donors (Lipinski definition) is 2. The number of hydrogen-bond acceptors (Lipinski definition) is 2. The van der Waals surface area contributed by atoms with Crippen molar-refractivity contribution in [3.8, 4) is 0 Å². The first-order valence-electron chi connectivity index (χ1n) is 4.21. The summed E-state index contributed by atoms with van der Waals surface area (Å²) in [6, 6.07) is 6.03. The highest BCUT2D eigenvalue weighted by Gasteiger charge is 2.27. The Morgan fingerprint density at radius 3 is 3.00 bits per heavy atom. The first-order valence-corrected chi connectivity index (χ1v) is 4.21. The van der Waals surface area contributed by atoms with Gasteiger partial charge in [0.2, 0.25) is 0 Å². The van der Waals surface area contributed by atoms with Gasteiger partial charge in [0.25, 0.3) is 0 Å². The maximum Gasteiger partial charge on any atom is 0.0946 e. The van der Waals surface area contributed by atoms with Gasteiger partial charge in [-0.2, -0.15) is 0 Å². The fraction of sp³-hybridized carbons (Fsp3) is 0.400. The Morgan fingerprint density at radius 1 is 1.50 bits per heavy atom. The zero-order valence-corrected chi connectivity index (χ0v) is 7.12. The number of aliphatic hydroxyl groups excluding tert-OH is 1. The van der Waals surface area contributed by atoms with Crippen LogP contribution in [-0.4, -0.2) is 11.1 Å². The number of benzene rings is 1. The molecule has 0 amide bonds. The third-order valence-corrected chi connectivity index (χ3v) is 2.48. The topological polar surface area (TPSA) is 46.2 Å². The molecule has 64 valence electrons. The Balaban J connectivity index is 2.48. The van der Waals surface area contributed by atoms with E-state index in [2.05, 4.69) is 12.1 Å². The minimum absolute atomic E-state index is 0.109. The lowest BCUT2D eigenvalue weighted by atomic mass is 10.1. The van der Waals surface area contributed by atoms with Crippen LogP contribution < -0.4 is 5.73 Å². The molecule has 0 saturated carbocycles. The van der Waals surface area contributed by atoms with Gasteiger partial charge < -0.3 is 10.8 Å². The molecule has 0 heterocycles. The molecule has 0 radical (unpaired) electrons. The van der Waals surface area contributed by atoms with Gasteiger partial charge in [0.05, 0.1) is 6.10 Å². The second-order valence-electron chi connectivity index (χ2n) is 3.52. The average molecular weight is 163 g/mol. The maximum atomic E-state index is 9.65. The lowest BCUT2D eigenvalue weighted by Gasteiger charge is -2.08. The Bertz CT molecular complexity index is 309. The molecule has 0 aliphatic heterocycles. The van der Waals surface area contributed by atoms with Crippen molar-refractivity contribution in [2.45, 2.75) is 25.5 Å². The Hall–Kier alpha value is -0.860. The average Bonchev–Trinajstić information content (AvgIpc) is 2.31. The van der Waals surface area contributed by atoms with Crippen LogP contribution in [0.3, 0.4) is 0 Å². The lowest BCUT2D eigenvalue weighted by molar-refractivity contribution is 0.159. The monoisotopic (exact) mass is 163 g/mol. The number of nitrogens with two attached hydrogens (primary N) is 1. The Morgan fingerprint density at radius 2 is 2.25 bits per heavy atom. The van der Waals surface area contributed by atoms with Crippen LogP contribution in [0.2, 0.25) is 0 Å². The number of fused-ring (bicyclic) bond motifs is 1. The number of aliphatic hydroxyl groups is 1. The van der Waals surface area contributed by atoms with Crippen LogP contribution >= 0.6 is 0 Å². The van der Waals surface area contributed by atoms with Crippen LogP contribution in [0.25, 0.3) is 0 Å². The van der Waals surface area contributed by atoms with Crippen LogP contribution in [0.15, 0.2) is 18.2 Å². The lowest BCUT2D eigenvalue weighted by Crippen LogP contribution is -2.24. The molecule has 2 atom stereocenters. The van der Waals surface area contributed by atoms with E-state index in [1.165, 1.54) is 11.1 Å². The van der Waals surface area contributed by atoms with E-state index in [0.717, 1.165) is 12.0 Å². The zero-order valence-electron chi connectivity index (χ0n) is 7.12. The minimum atomic E-state index is -0.458. The van der Waals surface area contributed by atoms with E-state index >= 15 is 0 Å². The highest BCUT2D eigenvalue weighted by molar-refractivity contribution is 5.38. The van der Waals surface area contributed by atoms with Crippen LogP contribution in [0.5, 0.6) is 0 Å². The van der Waals surface area contributed by atoms with Crippen molar-refractivity contribution >= 4 is 0 Å². The summed E-state index contributed by atoms with van der Waals surface area (Å²) in [5, 5.41) is 9.65. The number of aryl methyl sites for hydroxylation is 1. The van der Waals surface area contributed by atoms with Crippen molar-refractivity contribution in [3.63, 3.8) is 0 Å². The molecular formula is C10H13NO. The highest BCUT2D eigenvalue weighted by atomic mass is 16.3. The standard InChI is InChI=1S/C10H13NO/c1-6-2-3-7-5-9(11)10(12)8(7)4-6/h2-4,9-10,12H,5,11H2,1H3. The summed E-state index contributed by atoms with van der Waals surface area (Å²) >= 11 is 0. The second kappa shape index (κ2) is 2.57. The molecule has 3 N–H and O–H groups in total. The van der Waals surface area contributed by atoms with Gasteiger partial charge in [-0.3, -0.25) is 0 Å². The molecule has 1 aliphatic rings. The van der Waals surface area contributed by atoms with Crippen molar-refractivity contribution in [2.24, 2.45) is 5.73 Å². The van der Waals surface area contributed by atoms with Crippen molar-refractivity contribution < 1.29 is 5.11 Å². The van der Waals surface area contributed by atoms with E-state index in [-0.39, 0.29) is 6.04 Å². The molecule has 2 nitrogen and oxygen atoms in total. The second-order valence-corrected chi connectivity index (χ2v) is 3.52. The molecule has 2 unspecified atom stereocenters. The molecule has 2 heteroatoms. The molecule has 0 saturated heterocycles. The quantitative estimate of drug-likeness (QED) is 0.597. The molecule has 0 fully saturated rings. The van der Waals surface area contributed by atoms with E-state index in [0.29, 0.717) is 0 Å². The van der Waals surface area contributed by atoms with Gasteiger partial charge in [-0.25, -0.2) is 0 Å². The molecule has 0 bridgehead atoms. The molecule has 0 aromatic heterocycles.